The Bertz CT molecular complexity index is 373. The van der Waals surface area contributed by atoms with E-state index in [-0.39, 0.29) is 16.3 Å². The van der Waals surface area contributed by atoms with Crippen molar-refractivity contribution >= 4 is 11.6 Å². The number of ether oxygens (including phenoxy) is 1. The molecule has 0 saturated heterocycles. The normalized spacial score (nSPS) is 11.7. The second-order valence-electron chi connectivity index (χ2n) is 3.64. The minimum absolute atomic E-state index is 0.171. The highest BCUT2D eigenvalue weighted by Gasteiger charge is 2.17. The van der Waals surface area contributed by atoms with Gasteiger partial charge in [-0.3, -0.25) is 9.36 Å². The van der Waals surface area contributed by atoms with E-state index in [0.717, 1.165) is 0 Å². The van der Waals surface area contributed by atoms with Gasteiger partial charge in [0.2, 0.25) is 0 Å². The van der Waals surface area contributed by atoms with Gasteiger partial charge in [-0.15, -0.1) is 0 Å². The van der Waals surface area contributed by atoms with Crippen LogP contribution in [0.1, 0.15) is 13.8 Å². The Balaban J connectivity index is 2.93. The predicted octanol–water partition coefficient (Wildman–Crippen LogP) is 1.32. The number of aromatic nitrogens is 2. The van der Waals surface area contributed by atoms with Crippen LogP contribution in [-0.2, 0) is 11.3 Å². The molecule has 0 aliphatic carbocycles. The van der Waals surface area contributed by atoms with E-state index in [1.807, 2.05) is 13.8 Å². The molecule has 1 aromatic heterocycles. The summed E-state index contributed by atoms with van der Waals surface area (Å²) in [5.74, 6) is 0. The summed E-state index contributed by atoms with van der Waals surface area (Å²) in [5.41, 5.74) is -0.561. The summed E-state index contributed by atoms with van der Waals surface area (Å²) in [4.78, 5) is 15.2. The molecule has 0 unspecified atom stereocenters. The molecule has 0 aromatic carbocycles. The van der Waals surface area contributed by atoms with Crippen LogP contribution >= 0.6 is 11.6 Å². The van der Waals surface area contributed by atoms with Gasteiger partial charge in [0.15, 0.2) is 0 Å². The SMILES string of the molecule is COC(C)(C)Cn1cnc(Cl)cc1=O. The predicted molar refractivity (Wildman–Crippen MR) is 54.6 cm³/mol. The summed E-state index contributed by atoms with van der Waals surface area (Å²) in [5, 5.41) is 0.210. The number of hydrogen-bond acceptors (Lipinski definition) is 3. The third-order valence-electron chi connectivity index (χ3n) is 1.95. The smallest absolute Gasteiger partial charge is 0.254 e. The highest BCUT2D eigenvalue weighted by Crippen LogP contribution is 2.09. The van der Waals surface area contributed by atoms with Crippen molar-refractivity contribution in [1.29, 1.82) is 0 Å². The fourth-order valence-corrected chi connectivity index (χ4v) is 1.13. The summed E-state index contributed by atoms with van der Waals surface area (Å²) in [7, 11) is 1.61. The maximum Gasteiger partial charge on any atom is 0.254 e. The van der Waals surface area contributed by atoms with Gasteiger partial charge in [0, 0.05) is 13.2 Å². The molecule has 14 heavy (non-hydrogen) atoms. The summed E-state index contributed by atoms with van der Waals surface area (Å²) >= 11 is 5.57. The minimum atomic E-state index is -0.390. The molecule has 0 aliphatic heterocycles. The molecule has 1 rings (SSSR count). The number of methoxy groups -OCH3 is 1. The van der Waals surface area contributed by atoms with Crippen LogP contribution in [0.2, 0.25) is 5.15 Å². The van der Waals surface area contributed by atoms with Gasteiger partial charge in [-0.1, -0.05) is 11.6 Å². The first-order valence-electron chi connectivity index (χ1n) is 4.22. The molecule has 0 bridgehead atoms. The Morgan fingerprint density at radius 1 is 1.64 bits per heavy atom. The number of halogens is 1. The second-order valence-corrected chi connectivity index (χ2v) is 4.03. The lowest BCUT2D eigenvalue weighted by molar-refractivity contribution is 0.00714. The molecule has 0 saturated carbocycles. The number of nitrogens with zero attached hydrogens (tertiary/aromatic N) is 2. The van der Waals surface area contributed by atoms with E-state index in [4.69, 9.17) is 16.3 Å². The van der Waals surface area contributed by atoms with Gasteiger partial charge in [-0.25, -0.2) is 4.98 Å². The lowest BCUT2D eigenvalue weighted by Gasteiger charge is -2.23. The van der Waals surface area contributed by atoms with E-state index in [1.165, 1.54) is 17.0 Å². The Kier molecular flexibility index (Phi) is 3.29. The molecule has 0 fully saturated rings. The molecule has 0 radical (unpaired) electrons. The fourth-order valence-electron chi connectivity index (χ4n) is 0.997. The first-order chi connectivity index (χ1) is 6.44. The topological polar surface area (TPSA) is 44.1 Å². The zero-order valence-corrected chi connectivity index (χ0v) is 9.21. The van der Waals surface area contributed by atoms with E-state index >= 15 is 0 Å². The van der Waals surface area contributed by atoms with E-state index in [1.54, 1.807) is 7.11 Å². The molecule has 0 aliphatic rings. The van der Waals surface area contributed by atoms with E-state index in [9.17, 15) is 4.79 Å². The zero-order chi connectivity index (χ0) is 10.8. The van der Waals surface area contributed by atoms with Gasteiger partial charge >= 0.3 is 0 Å². The molecule has 0 spiro atoms. The fraction of sp³-hybridized carbons (Fsp3) is 0.556. The first-order valence-corrected chi connectivity index (χ1v) is 4.59. The van der Waals surface area contributed by atoms with Crippen molar-refractivity contribution < 1.29 is 4.74 Å². The molecular weight excluding hydrogens is 204 g/mol. The molecule has 1 heterocycles. The summed E-state index contributed by atoms with van der Waals surface area (Å²) in [6, 6.07) is 1.29. The van der Waals surface area contributed by atoms with Gasteiger partial charge < -0.3 is 4.74 Å². The second kappa shape index (κ2) is 4.11. The van der Waals surface area contributed by atoms with E-state index in [2.05, 4.69) is 4.98 Å². The third kappa shape index (κ3) is 2.82. The van der Waals surface area contributed by atoms with Gasteiger partial charge in [-0.05, 0) is 13.8 Å². The van der Waals surface area contributed by atoms with E-state index < -0.39 is 0 Å². The monoisotopic (exact) mass is 216 g/mol. The highest BCUT2D eigenvalue weighted by molar-refractivity contribution is 6.29. The Hall–Kier alpha value is -0.870. The lowest BCUT2D eigenvalue weighted by atomic mass is 10.1. The standard InChI is InChI=1S/C9H13ClN2O2/c1-9(2,14-3)5-12-6-11-7(10)4-8(12)13/h4,6H,5H2,1-3H3. The number of rotatable bonds is 3. The summed E-state index contributed by atoms with van der Waals surface area (Å²) in [6.45, 7) is 4.24. The zero-order valence-electron chi connectivity index (χ0n) is 8.45. The molecular formula is C9H13ClN2O2. The van der Waals surface area contributed by atoms with Crippen molar-refractivity contribution in [2.24, 2.45) is 0 Å². The molecule has 0 atom stereocenters. The van der Waals surface area contributed by atoms with Crippen LogP contribution in [0.5, 0.6) is 0 Å². The summed E-state index contributed by atoms with van der Waals surface area (Å²) in [6.07, 6.45) is 1.42. The lowest BCUT2D eigenvalue weighted by Crippen LogP contribution is -2.34. The maximum atomic E-state index is 11.4. The van der Waals surface area contributed by atoms with Crippen molar-refractivity contribution in [1.82, 2.24) is 9.55 Å². The molecule has 78 valence electrons. The van der Waals surface area contributed by atoms with Crippen LogP contribution < -0.4 is 5.56 Å². The molecule has 0 amide bonds. The van der Waals surface area contributed by atoms with Crippen LogP contribution in [0.15, 0.2) is 17.2 Å². The Morgan fingerprint density at radius 2 is 2.29 bits per heavy atom. The van der Waals surface area contributed by atoms with Gasteiger partial charge in [0.25, 0.3) is 5.56 Å². The van der Waals surface area contributed by atoms with Gasteiger partial charge in [0.1, 0.15) is 5.15 Å². The van der Waals surface area contributed by atoms with Crippen molar-refractivity contribution in [3.05, 3.63) is 27.9 Å². The largest absolute Gasteiger partial charge is 0.377 e. The Morgan fingerprint density at radius 3 is 2.79 bits per heavy atom. The van der Waals surface area contributed by atoms with Crippen molar-refractivity contribution in [3.63, 3.8) is 0 Å². The van der Waals surface area contributed by atoms with Crippen LogP contribution in [0.25, 0.3) is 0 Å². The van der Waals surface area contributed by atoms with Gasteiger partial charge in [-0.2, -0.15) is 0 Å². The van der Waals surface area contributed by atoms with Crippen LogP contribution in [0.4, 0.5) is 0 Å². The average molecular weight is 217 g/mol. The molecule has 1 aromatic rings. The summed E-state index contributed by atoms with van der Waals surface area (Å²) < 4.78 is 6.67. The molecule has 0 N–H and O–H groups in total. The molecule has 5 heteroatoms. The van der Waals surface area contributed by atoms with Crippen LogP contribution in [-0.4, -0.2) is 22.3 Å². The van der Waals surface area contributed by atoms with Crippen molar-refractivity contribution in [2.75, 3.05) is 7.11 Å². The van der Waals surface area contributed by atoms with Crippen LogP contribution in [0.3, 0.4) is 0 Å². The van der Waals surface area contributed by atoms with Crippen molar-refractivity contribution in [2.45, 2.75) is 26.0 Å². The van der Waals surface area contributed by atoms with Gasteiger partial charge in [0.05, 0.1) is 18.5 Å². The average Bonchev–Trinajstić information content (AvgIpc) is 2.10. The van der Waals surface area contributed by atoms with Crippen molar-refractivity contribution in [3.8, 4) is 0 Å². The third-order valence-corrected chi connectivity index (χ3v) is 2.16. The van der Waals surface area contributed by atoms with E-state index in [0.29, 0.717) is 6.54 Å². The maximum absolute atomic E-state index is 11.4. The highest BCUT2D eigenvalue weighted by atomic mass is 35.5. The number of hydrogen-bond donors (Lipinski definition) is 0. The minimum Gasteiger partial charge on any atom is -0.377 e. The molecule has 4 nitrogen and oxygen atoms in total. The van der Waals surface area contributed by atoms with Crippen LogP contribution in [0, 0.1) is 0 Å². The Labute approximate surface area is 87.5 Å². The quantitative estimate of drug-likeness (QED) is 0.716. The first kappa shape index (κ1) is 11.2.